The molecule has 0 heterocycles. The van der Waals surface area contributed by atoms with Crippen LogP contribution in [0.5, 0.6) is 5.75 Å². The lowest BCUT2D eigenvalue weighted by molar-refractivity contribution is 0.291. The maximum atomic E-state index is 5.64. The number of rotatable bonds is 5. The lowest BCUT2D eigenvalue weighted by Gasteiger charge is -2.20. The molecule has 1 N–H and O–H groups in total. The fourth-order valence-corrected chi connectivity index (χ4v) is 1.42. The van der Waals surface area contributed by atoms with Gasteiger partial charge in [-0.25, -0.2) is 0 Å². The highest BCUT2D eigenvalue weighted by Crippen LogP contribution is 2.12. The second-order valence-electron chi connectivity index (χ2n) is 5.02. The van der Waals surface area contributed by atoms with Crippen LogP contribution in [-0.2, 0) is 6.42 Å². The first kappa shape index (κ1) is 16.3. The van der Waals surface area contributed by atoms with Gasteiger partial charge in [-0.1, -0.05) is 19.1 Å². The Labute approximate surface area is 111 Å². The Kier molecular flexibility index (Phi) is 7.24. The summed E-state index contributed by atoms with van der Waals surface area (Å²) in [6, 6.07) is 8.31. The van der Waals surface area contributed by atoms with Crippen LogP contribution in [0.2, 0.25) is 0 Å². The van der Waals surface area contributed by atoms with E-state index in [-0.39, 0.29) is 17.9 Å². The van der Waals surface area contributed by atoms with Crippen molar-refractivity contribution in [3.63, 3.8) is 0 Å². The molecule has 0 saturated heterocycles. The van der Waals surface area contributed by atoms with E-state index >= 15 is 0 Å². The molecular formula is C14H24ClNO. The van der Waals surface area contributed by atoms with Crippen LogP contribution >= 0.6 is 12.4 Å². The Morgan fingerprint density at radius 2 is 1.71 bits per heavy atom. The van der Waals surface area contributed by atoms with Gasteiger partial charge in [0.25, 0.3) is 0 Å². The quantitative estimate of drug-likeness (QED) is 0.816. The van der Waals surface area contributed by atoms with Gasteiger partial charge >= 0.3 is 0 Å². The fraction of sp³-hybridized carbons (Fsp3) is 0.571. The topological polar surface area (TPSA) is 21.3 Å². The molecule has 1 rings (SSSR count). The molecule has 0 saturated carbocycles. The number of benzene rings is 1. The highest BCUT2D eigenvalue weighted by molar-refractivity contribution is 5.85. The average Bonchev–Trinajstić information content (AvgIpc) is 2.24. The minimum atomic E-state index is 0. The van der Waals surface area contributed by atoms with Crippen molar-refractivity contribution in [1.29, 1.82) is 0 Å². The van der Waals surface area contributed by atoms with Gasteiger partial charge in [-0.3, -0.25) is 0 Å². The first-order valence-corrected chi connectivity index (χ1v) is 5.98. The third-order valence-electron chi connectivity index (χ3n) is 2.36. The molecule has 98 valence electrons. The Bertz CT molecular complexity index is 303. The van der Waals surface area contributed by atoms with Crippen LogP contribution in [0.3, 0.4) is 0 Å². The fourth-order valence-electron chi connectivity index (χ4n) is 1.42. The summed E-state index contributed by atoms with van der Waals surface area (Å²) in [6.07, 6.45) is 1.08. The van der Waals surface area contributed by atoms with E-state index in [4.69, 9.17) is 4.74 Å². The zero-order valence-corrected chi connectivity index (χ0v) is 12.1. The Balaban J connectivity index is 0.00000256. The molecule has 0 aromatic heterocycles. The summed E-state index contributed by atoms with van der Waals surface area (Å²) in [4.78, 5) is 0. The van der Waals surface area contributed by atoms with E-state index in [1.165, 1.54) is 5.56 Å². The predicted octanol–water partition coefficient (Wildman–Crippen LogP) is 3.44. The SMILES string of the molecule is CCc1ccc(OCCNC(C)(C)C)cc1.Cl. The molecule has 0 aliphatic carbocycles. The molecule has 0 unspecified atom stereocenters. The zero-order chi connectivity index (χ0) is 12.0. The zero-order valence-electron chi connectivity index (χ0n) is 11.2. The normalized spacial score (nSPS) is 10.8. The maximum absolute atomic E-state index is 5.64. The van der Waals surface area contributed by atoms with Crippen LogP contribution in [0.4, 0.5) is 0 Å². The summed E-state index contributed by atoms with van der Waals surface area (Å²) in [6.45, 7) is 10.2. The lowest BCUT2D eigenvalue weighted by atomic mass is 10.1. The molecule has 0 fully saturated rings. The number of ether oxygens (including phenoxy) is 1. The summed E-state index contributed by atoms with van der Waals surface area (Å²) in [5, 5.41) is 3.39. The number of nitrogens with one attached hydrogen (secondary N) is 1. The van der Waals surface area contributed by atoms with Gasteiger partial charge in [-0.05, 0) is 44.9 Å². The molecule has 3 heteroatoms. The van der Waals surface area contributed by atoms with Crippen LogP contribution in [0.1, 0.15) is 33.3 Å². The van der Waals surface area contributed by atoms with E-state index in [1.807, 2.05) is 12.1 Å². The molecule has 0 radical (unpaired) electrons. The van der Waals surface area contributed by atoms with E-state index in [1.54, 1.807) is 0 Å². The largest absolute Gasteiger partial charge is 0.492 e. The molecule has 0 atom stereocenters. The molecule has 0 spiro atoms. The molecule has 0 aliphatic heterocycles. The van der Waals surface area contributed by atoms with Crippen molar-refractivity contribution < 1.29 is 4.74 Å². The summed E-state index contributed by atoms with van der Waals surface area (Å²) >= 11 is 0. The van der Waals surface area contributed by atoms with Gasteiger partial charge in [0, 0.05) is 12.1 Å². The van der Waals surface area contributed by atoms with E-state index in [0.717, 1.165) is 18.7 Å². The standard InChI is InChI=1S/C14H23NO.ClH/c1-5-12-6-8-13(9-7-12)16-11-10-15-14(2,3)4;/h6-9,15H,5,10-11H2,1-4H3;1H. The molecule has 1 aromatic carbocycles. The van der Waals surface area contributed by atoms with Crippen LogP contribution in [0.15, 0.2) is 24.3 Å². The second-order valence-corrected chi connectivity index (χ2v) is 5.02. The van der Waals surface area contributed by atoms with Crippen molar-refractivity contribution in [3.8, 4) is 5.75 Å². The van der Waals surface area contributed by atoms with Crippen LogP contribution in [0, 0.1) is 0 Å². The Morgan fingerprint density at radius 3 is 2.18 bits per heavy atom. The minimum Gasteiger partial charge on any atom is -0.492 e. The molecule has 0 bridgehead atoms. The average molecular weight is 258 g/mol. The van der Waals surface area contributed by atoms with E-state index in [9.17, 15) is 0 Å². The van der Waals surface area contributed by atoms with E-state index in [0.29, 0.717) is 6.61 Å². The van der Waals surface area contributed by atoms with Crippen molar-refractivity contribution in [2.24, 2.45) is 0 Å². The highest BCUT2D eigenvalue weighted by Gasteiger charge is 2.07. The summed E-state index contributed by atoms with van der Waals surface area (Å²) < 4.78 is 5.64. The van der Waals surface area contributed by atoms with Gasteiger partial charge in [0.15, 0.2) is 0 Å². The van der Waals surface area contributed by atoms with E-state index in [2.05, 4.69) is 45.1 Å². The van der Waals surface area contributed by atoms with Crippen LogP contribution in [0.25, 0.3) is 0 Å². The van der Waals surface area contributed by atoms with Gasteiger partial charge < -0.3 is 10.1 Å². The van der Waals surface area contributed by atoms with Gasteiger partial charge in [0.2, 0.25) is 0 Å². The molecule has 2 nitrogen and oxygen atoms in total. The number of hydrogen-bond acceptors (Lipinski definition) is 2. The minimum absolute atomic E-state index is 0. The van der Waals surface area contributed by atoms with Crippen molar-refractivity contribution in [2.45, 2.75) is 39.7 Å². The third kappa shape index (κ3) is 7.24. The van der Waals surface area contributed by atoms with Gasteiger partial charge in [-0.2, -0.15) is 0 Å². The smallest absolute Gasteiger partial charge is 0.119 e. The van der Waals surface area contributed by atoms with Gasteiger partial charge in [0.1, 0.15) is 12.4 Å². The summed E-state index contributed by atoms with van der Waals surface area (Å²) in [5.41, 5.74) is 1.51. The van der Waals surface area contributed by atoms with Crippen LogP contribution in [-0.4, -0.2) is 18.7 Å². The predicted molar refractivity (Wildman–Crippen MR) is 76.3 cm³/mol. The van der Waals surface area contributed by atoms with Crippen molar-refractivity contribution in [1.82, 2.24) is 5.32 Å². The van der Waals surface area contributed by atoms with Crippen molar-refractivity contribution in [2.75, 3.05) is 13.2 Å². The van der Waals surface area contributed by atoms with Gasteiger partial charge in [-0.15, -0.1) is 12.4 Å². The molecular weight excluding hydrogens is 234 g/mol. The summed E-state index contributed by atoms with van der Waals surface area (Å²) in [5.74, 6) is 0.952. The molecule has 0 amide bonds. The van der Waals surface area contributed by atoms with Gasteiger partial charge in [0.05, 0.1) is 0 Å². The molecule has 0 aliphatic rings. The van der Waals surface area contributed by atoms with Crippen LogP contribution < -0.4 is 10.1 Å². The lowest BCUT2D eigenvalue weighted by Crippen LogP contribution is -2.38. The monoisotopic (exact) mass is 257 g/mol. The highest BCUT2D eigenvalue weighted by atomic mass is 35.5. The first-order valence-electron chi connectivity index (χ1n) is 5.98. The van der Waals surface area contributed by atoms with E-state index < -0.39 is 0 Å². The number of halogens is 1. The Hall–Kier alpha value is -0.730. The second kappa shape index (κ2) is 7.57. The Morgan fingerprint density at radius 1 is 1.12 bits per heavy atom. The molecule has 17 heavy (non-hydrogen) atoms. The van der Waals surface area contributed by atoms with Crippen molar-refractivity contribution >= 4 is 12.4 Å². The first-order chi connectivity index (χ1) is 7.51. The number of hydrogen-bond donors (Lipinski definition) is 1. The molecule has 1 aromatic rings. The van der Waals surface area contributed by atoms with Crippen molar-refractivity contribution in [3.05, 3.63) is 29.8 Å². The summed E-state index contributed by atoms with van der Waals surface area (Å²) in [7, 11) is 0. The number of aryl methyl sites for hydroxylation is 1. The maximum Gasteiger partial charge on any atom is 0.119 e. The third-order valence-corrected chi connectivity index (χ3v) is 2.36.